The van der Waals surface area contributed by atoms with Crippen molar-refractivity contribution in [3.8, 4) is 0 Å². The lowest BCUT2D eigenvalue weighted by molar-refractivity contribution is -0.129. The predicted octanol–water partition coefficient (Wildman–Crippen LogP) is 0.531. The van der Waals surface area contributed by atoms with Crippen LogP contribution >= 0.6 is 0 Å². The number of ketones is 1. The van der Waals surface area contributed by atoms with Crippen LogP contribution in [0.1, 0.15) is 47.5 Å². The predicted molar refractivity (Wildman–Crippen MR) is 86.3 cm³/mol. The molecule has 22 heavy (non-hydrogen) atoms. The lowest BCUT2D eigenvalue weighted by Crippen LogP contribution is -2.53. The first kappa shape index (κ1) is 20.4. The van der Waals surface area contributed by atoms with Gasteiger partial charge in [-0.1, -0.05) is 27.7 Å². The smallest absolute Gasteiger partial charge is 0.312 e. The second-order valence-electron chi connectivity index (χ2n) is 6.15. The van der Waals surface area contributed by atoms with Crippen LogP contribution in [0, 0.1) is 5.92 Å². The van der Waals surface area contributed by atoms with Crippen molar-refractivity contribution in [3.63, 3.8) is 0 Å². The van der Waals surface area contributed by atoms with Gasteiger partial charge in [0.1, 0.15) is 0 Å². The normalized spacial score (nSPS) is 13.8. The molecule has 2 atom stereocenters. The maximum absolute atomic E-state index is 12.4. The molecule has 0 saturated heterocycles. The number of carbonyl (C=O) groups is 3. The Balaban J connectivity index is 4.54. The minimum absolute atomic E-state index is 0.0977. The minimum atomic E-state index is -0.593. The molecule has 0 fully saturated rings. The van der Waals surface area contributed by atoms with E-state index in [1.807, 2.05) is 27.7 Å². The van der Waals surface area contributed by atoms with Gasteiger partial charge in [-0.15, -0.1) is 0 Å². The summed E-state index contributed by atoms with van der Waals surface area (Å²) in [6.45, 7) is 9.69. The van der Waals surface area contributed by atoms with Gasteiger partial charge in [0.25, 0.3) is 0 Å². The van der Waals surface area contributed by atoms with Crippen molar-refractivity contribution in [3.05, 3.63) is 0 Å². The Hall–Kier alpha value is -1.63. The van der Waals surface area contributed by atoms with Crippen molar-refractivity contribution in [1.82, 2.24) is 16.0 Å². The summed E-state index contributed by atoms with van der Waals surface area (Å²) in [6.07, 6.45) is 1.03. The molecule has 0 unspecified atom stereocenters. The zero-order chi connectivity index (χ0) is 17.3. The van der Waals surface area contributed by atoms with Gasteiger partial charge in [-0.3, -0.25) is 9.59 Å². The summed E-state index contributed by atoms with van der Waals surface area (Å²) in [5.41, 5.74) is 4.97. The van der Waals surface area contributed by atoms with Gasteiger partial charge < -0.3 is 21.7 Å². The molecule has 7 heteroatoms. The number of primary amides is 1. The molecule has 0 radical (unpaired) electrons. The number of urea groups is 1. The van der Waals surface area contributed by atoms with Crippen molar-refractivity contribution in [2.75, 3.05) is 6.54 Å². The van der Waals surface area contributed by atoms with Gasteiger partial charge in [0.15, 0.2) is 5.78 Å². The number of hydrogen-bond acceptors (Lipinski definition) is 4. The molecule has 0 aromatic heterocycles. The number of nitrogens with two attached hydrogens (primary N) is 1. The third kappa shape index (κ3) is 8.61. The van der Waals surface area contributed by atoms with E-state index in [4.69, 9.17) is 5.73 Å². The van der Waals surface area contributed by atoms with E-state index in [2.05, 4.69) is 16.0 Å². The molecule has 128 valence electrons. The summed E-state index contributed by atoms with van der Waals surface area (Å²) in [4.78, 5) is 34.6. The van der Waals surface area contributed by atoms with E-state index < -0.39 is 12.1 Å². The van der Waals surface area contributed by atoms with E-state index in [1.54, 1.807) is 0 Å². The molecule has 0 aromatic carbocycles. The first-order valence-electron chi connectivity index (χ1n) is 7.75. The Morgan fingerprint density at radius 2 is 1.68 bits per heavy atom. The van der Waals surface area contributed by atoms with Gasteiger partial charge in [0, 0.05) is 12.6 Å². The van der Waals surface area contributed by atoms with E-state index in [1.165, 1.54) is 6.92 Å². The molecule has 0 rings (SSSR count). The number of nitrogens with one attached hydrogen (secondary N) is 3. The summed E-state index contributed by atoms with van der Waals surface area (Å²) in [5.74, 6) is -0.155. The van der Waals surface area contributed by atoms with E-state index in [0.717, 1.165) is 0 Å². The topological polar surface area (TPSA) is 113 Å². The van der Waals surface area contributed by atoms with Gasteiger partial charge in [0.05, 0.1) is 12.1 Å². The molecule has 5 N–H and O–H groups in total. The Morgan fingerprint density at radius 3 is 2.09 bits per heavy atom. The molecule has 0 spiro atoms. The molecule has 0 aliphatic heterocycles. The Labute approximate surface area is 132 Å². The molecule has 3 amide bonds. The molecule has 0 bridgehead atoms. The van der Waals surface area contributed by atoms with Crippen LogP contribution in [0.3, 0.4) is 0 Å². The Bertz CT molecular complexity index is 383. The van der Waals surface area contributed by atoms with Crippen LogP contribution in [0.2, 0.25) is 0 Å². The van der Waals surface area contributed by atoms with Crippen LogP contribution in [0.4, 0.5) is 4.79 Å². The summed E-state index contributed by atoms with van der Waals surface area (Å²) >= 11 is 0. The van der Waals surface area contributed by atoms with E-state index in [9.17, 15) is 14.4 Å². The number of rotatable bonds is 10. The maximum atomic E-state index is 12.4. The fraction of sp³-hybridized carbons (Fsp3) is 0.800. The third-order valence-corrected chi connectivity index (χ3v) is 3.24. The average Bonchev–Trinajstić information content (AvgIpc) is 2.38. The van der Waals surface area contributed by atoms with Crippen LogP contribution < -0.4 is 21.7 Å². The second-order valence-corrected chi connectivity index (χ2v) is 6.15. The summed E-state index contributed by atoms with van der Waals surface area (Å²) in [6, 6.07) is -1.30. The summed E-state index contributed by atoms with van der Waals surface area (Å²) < 4.78 is 0. The van der Waals surface area contributed by atoms with Crippen molar-refractivity contribution in [1.29, 1.82) is 0 Å². The molecular formula is C15H30N4O3. The first-order chi connectivity index (χ1) is 10.1. The summed E-state index contributed by atoms with van der Waals surface area (Å²) in [5, 5.41) is 8.47. The van der Waals surface area contributed by atoms with Crippen molar-refractivity contribution < 1.29 is 14.4 Å². The lowest BCUT2D eigenvalue weighted by atomic mass is 10.0. The van der Waals surface area contributed by atoms with E-state index in [0.29, 0.717) is 19.4 Å². The molecular weight excluding hydrogens is 284 g/mol. The fourth-order valence-electron chi connectivity index (χ4n) is 2.09. The maximum Gasteiger partial charge on any atom is 0.312 e. The molecule has 0 saturated carbocycles. The van der Waals surface area contributed by atoms with Gasteiger partial charge in [-0.2, -0.15) is 0 Å². The highest BCUT2D eigenvalue weighted by Crippen LogP contribution is 2.06. The molecule has 0 aliphatic carbocycles. The van der Waals surface area contributed by atoms with Gasteiger partial charge in [-0.25, -0.2) is 4.79 Å². The highest BCUT2D eigenvalue weighted by molar-refractivity contribution is 5.89. The molecule has 0 aromatic rings. The quantitative estimate of drug-likeness (QED) is 0.440. The lowest BCUT2D eigenvalue weighted by Gasteiger charge is -2.26. The van der Waals surface area contributed by atoms with Gasteiger partial charge >= 0.3 is 6.03 Å². The highest BCUT2D eigenvalue weighted by Gasteiger charge is 2.26. The van der Waals surface area contributed by atoms with Crippen LogP contribution in [-0.2, 0) is 9.59 Å². The number of Topliss-reactive ketones (excluding diaryl/α,β-unsaturated/α-hetero) is 1. The summed E-state index contributed by atoms with van der Waals surface area (Å²) in [7, 11) is 0. The first-order valence-corrected chi connectivity index (χ1v) is 7.75. The number of carbonyl (C=O) groups excluding carboxylic acids is 3. The second kappa shape index (κ2) is 10.2. The van der Waals surface area contributed by atoms with Gasteiger partial charge in [-0.05, 0) is 25.7 Å². The van der Waals surface area contributed by atoms with Crippen LogP contribution in [0.15, 0.2) is 0 Å². The molecule has 0 heterocycles. The van der Waals surface area contributed by atoms with E-state index in [-0.39, 0.29) is 29.7 Å². The van der Waals surface area contributed by atoms with Crippen molar-refractivity contribution in [2.45, 2.75) is 65.6 Å². The monoisotopic (exact) mass is 314 g/mol. The average molecular weight is 314 g/mol. The number of amides is 3. The highest BCUT2D eigenvalue weighted by atomic mass is 16.2. The Morgan fingerprint density at radius 1 is 1.09 bits per heavy atom. The third-order valence-electron chi connectivity index (χ3n) is 3.24. The minimum Gasteiger partial charge on any atom is -0.352 e. The van der Waals surface area contributed by atoms with Crippen molar-refractivity contribution >= 4 is 17.7 Å². The van der Waals surface area contributed by atoms with Crippen LogP contribution in [-0.4, -0.2) is 42.4 Å². The van der Waals surface area contributed by atoms with Crippen molar-refractivity contribution in [2.24, 2.45) is 11.7 Å². The van der Waals surface area contributed by atoms with Crippen LogP contribution in [0.5, 0.6) is 0 Å². The van der Waals surface area contributed by atoms with Crippen LogP contribution in [0.25, 0.3) is 0 Å². The van der Waals surface area contributed by atoms with E-state index >= 15 is 0 Å². The SMILES string of the molecule is CC(=O)[C@H](CCCNC(N)=O)NC(=O)[C@@H](NC(C)C)C(C)C. The zero-order valence-electron chi connectivity index (χ0n) is 14.2. The number of hydrogen-bond donors (Lipinski definition) is 4. The Kier molecular flexibility index (Phi) is 9.40. The largest absolute Gasteiger partial charge is 0.352 e. The molecule has 7 nitrogen and oxygen atoms in total. The molecule has 0 aliphatic rings. The fourth-order valence-corrected chi connectivity index (χ4v) is 2.09. The standard InChI is InChI=1S/C15H30N4O3/c1-9(2)13(18-10(3)4)14(21)19-12(11(5)20)7-6-8-17-15(16)22/h9-10,12-13,18H,6-8H2,1-5H3,(H,19,21)(H3,16,17,22)/t12-,13-/m0/s1. The van der Waals surface area contributed by atoms with Gasteiger partial charge in [0.2, 0.25) is 5.91 Å². The zero-order valence-corrected chi connectivity index (χ0v) is 14.2.